The Balaban J connectivity index is 2.38. The summed E-state index contributed by atoms with van der Waals surface area (Å²) in [7, 11) is 0. The lowest BCUT2D eigenvalue weighted by atomic mass is 10.3. The molecule has 0 spiro atoms. The monoisotopic (exact) mass is 172 g/mol. The number of carbonyl (C=O) groups excluding carboxylic acids is 2. The third-order valence-electron chi connectivity index (χ3n) is 1.76. The minimum absolute atomic E-state index is 0.337. The van der Waals surface area contributed by atoms with Crippen LogP contribution in [-0.2, 0) is 9.59 Å². The van der Waals surface area contributed by atoms with Crippen molar-refractivity contribution >= 4 is 17.5 Å². The maximum atomic E-state index is 11.2. The van der Waals surface area contributed by atoms with Crippen molar-refractivity contribution in [1.29, 1.82) is 0 Å². The number of nitrogens with zero attached hydrogens (tertiary/aromatic N) is 1. The number of anilines is 1. The molecule has 0 bridgehead atoms. The number of amides is 2. The predicted molar refractivity (Wildman–Crippen MR) is 46.7 cm³/mol. The quantitative estimate of drug-likeness (QED) is 0.590. The van der Waals surface area contributed by atoms with Gasteiger partial charge in [-0.3, -0.25) is 9.59 Å². The molecule has 0 N–H and O–H groups in total. The van der Waals surface area contributed by atoms with E-state index in [1.807, 2.05) is 6.07 Å². The molecule has 2 rings (SSSR count). The Morgan fingerprint density at radius 3 is 2.31 bits per heavy atom. The molecule has 63 valence electrons. The van der Waals surface area contributed by atoms with Crippen molar-refractivity contribution in [3.05, 3.63) is 42.5 Å². The highest BCUT2D eigenvalue weighted by molar-refractivity contribution is 6.26. The first-order valence-electron chi connectivity index (χ1n) is 3.82. The maximum absolute atomic E-state index is 11.2. The van der Waals surface area contributed by atoms with Crippen LogP contribution in [0, 0.1) is 6.08 Å². The van der Waals surface area contributed by atoms with Gasteiger partial charge < -0.3 is 0 Å². The minimum atomic E-state index is -0.406. The van der Waals surface area contributed by atoms with Gasteiger partial charge in [0.2, 0.25) is 0 Å². The van der Waals surface area contributed by atoms with Crippen molar-refractivity contribution in [1.82, 2.24) is 0 Å². The molecule has 0 atom stereocenters. The molecule has 13 heavy (non-hydrogen) atoms. The fourth-order valence-corrected chi connectivity index (χ4v) is 1.17. The highest BCUT2D eigenvalue weighted by atomic mass is 16.2. The summed E-state index contributed by atoms with van der Waals surface area (Å²) in [5.74, 6) is -0.743. The number of para-hydroxylation sites is 1. The SMILES string of the molecule is O=C1[C]=CC(=O)N1c1ccccc1. The Hall–Kier alpha value is -1.90. The van der Waals surface area contributed by atoms with Gasteiger partial charge in [0.05, 0.1) is 11.8 Å². The number of hydrogen-bond acceptors (Lipinski definition) is 2. The highest BCUT2D eigenvalue weighted by Crippen LogP contribution is 2.16. The van der Waals surface area contributed by atoms with Gasteiger partial charge in [-0.15, -0.1) is 0 Å². The average molecular weight is 172 g/mol. The summed E-state index contributed by atoms with van der Waals surface area (Å²) in [6.45, 7) is 0. The molecule has 0 aliphatic carbocycles. The summed E-state index contributed by atoms with van der Waals surface area (Å²) in [5.41, 5.74) is 0.582. The van der Waals surface area contributed by atoms with Crippen LogP contribution in [-0.4, -0.2) is 11.8 Å². The molecule has 1 aliphatic heterocycles. The molecule has 1 aliphatic rings. The van der Waals surface area contributed by atoms with Gasteiger partial charge in [0.15, 0.2) is 0 Å². The predicted octanol–water partition coefficient (Wildman–Crippen LogP) is 0.919. The topological polar surface area (TPSA) is 37.4 Å². The Morgan fingerprint density at radius 2 is 1.77 bits per heavy atom. The van der Waals surface area contributed by atoms with Gasteiger partial charge in [0, 0.05) is 6.08 Å². The molecule has 3 heteroatoms. The number of imide groups is 1. The molecule has 0 aromatic heterocycles. The molecule has 0 fully saturated rings. The Morgan fingerprint density at radius 1 is 1.08 bits per heavy atom. The third-order valence-corrected chi connectivity index (χ3v) is 1.76. The van der Waals surface area contributed by atoms with Gasteiger partial charge in [-0.1, -0.05) is 18.2 Å². The molecule has 1 radical (unpaired) electrons. The second kappa shape index (κ2) is 2.86. The first-order valence-corrected chi connectivity index (χ1v) is 3.82. The zero-order valence-electron chi connectivity index (χ0n) is 6.73. The summed E-state index contributed by atoms with van der Waals surface area (Å²) in [6.07, 6.45) is 3.48. The summed E-state index contributed by atoms with van der Waals surface area (Å²) in [5, 5.41) is 0. The first-order chi connectivity index (χ1) is 6.29. The zero-order chi connectivity index (χ0) is 9.26. The molecule has 0 unspecified atom stereocenters. The summed E-state index contributed by atoms with van der Waals surface area (Å²) >= 11 is 0. The lowest BCUT2D eigenvalue weighted by Gasteiger charge is -2.12. The van der Waals surface area contributed by atoms with Crippen LogP contribution in [0.15, 0.2) is 36.4 Å². The van der Waals surface area contributed by atoms with E-state index in [4.69, 9.17) is 0 Å². The fourth-order valence-electron chi connectivity index (χ4n) is 1.17. The van der Waals surface area contributed by atoms with Crippen molar-refractivity contribution in [2.24, 2.45) is 0 Å². The van der Waals surface area contributed by atoms with Crippen LogP contribution in [0.2, 0.25) is 0 Å². The van der Waals surface area contributed by atoms with Crippen LogP contribution >= 0.6 is 0 Å². The third kappa shape index (κ3) is 1.24. The van der Waals surface area contributed by atoms with E-state index in [0.717, 1.165) is 11.0 Å². The Labute approximate surface area is 75.3 Å². The number of rotatable bonds is 1. The molecule has 1 heterocycles. The summed E-state index contributed by atoms with van der Waals surface area (Å²) < 4.78 is 0. The normalized spacial score (nSPS) is 15.5. The molecular formula is C10H6NO2. The maximum Gasteiger partial charge on any atom is 0.266 e. The van der Waals surface area contributed by atoms with E-state index in [2.05, 4.69) is 6.08 Å². The van der Waals surface area contributed by atoms with E-state index >= 15 is 0 Å². The van der Waals surface area contributed by atoms with Gasteiger partial charge in [-0.05, 0) is 12.1 Å². The van der Waals surface area contributed by atoms with E-state index in [0.29, 0.717) is 5.69 Å². The lowest BCUT2D eigenvalue weighted by molar-refractivity contribution is -0.120. The van der Waals surface area contributed by atoms with Crippen molar-refractivity contribution in [2.75, 3.05) is 4.90 Å². The number of hydrogen-bond donors (Lipinski definition) is 0. The molecule has 0 saturated heterocycles. The van der Waals surface area contributed by atoms with Crippen LogP contribution in [0.25, 0.3) is 0 Å². The van der Waals surface area contributed by atoms with E-state index in [1.54, 1.807) is 24.3 Å². The van der Waals surface area contributed by atoms with Gasteiger partial charge in [-0.2, -0.15) is 0 Å². The molecule has 3 nitrogen and oxygen atoms in total. The van der Waals surface area contributed by atoms with Crippen molar-refractivity contribution in [3.8, 4) is 0 Å². The highest BCUT2D eigenvalue weighted by Gasteiger charge is 2.24. The zero-order valence-corrected chi connectivity index (χ0v) is 6.73. The van der Waals surface area contributed by atoms with E-state index in [9.17, 15) is 9.59 Å². The number of carbonyl (C=O) groups is 2. The number of benzene rings is 1. The van der Waals surface area contributed by atoms with Crippen LogP contribution in [0.5, 0.6) is 0 Å². The minimum Gasteiger partial charge on any atom is -0.269 e. The van der Waals surface area contributed by atoms with E-state index < -0.39 is 5.91 Å². The van der Waals surface area contributed by atoms with Crippen molar-refractivity contribution in [3.63, 3.8) is 0 Å². The van der Waals surface area contributed by atoms with Gasteiger partial charge in [0.1, 0.15) is 0 Å². The first kappa shape index (κ1) is 7.73. The average Bonchev–Trinajstić information content (AvgIpc) is 2.48. The van der Waals surface area contributed by atoms with Crippen LogP contribution < -0.4 is 4.90 Å². The van der Waals surface area contributed by atoms with Crippen LogP contribution in [0.4, 0.5) is 5.69 Å². The molecule has 1 aromatic rings. The van der Waals surface area contributed by atoms with Crippen molar-refractivity contribution in [2.45, 2.75) is 0 Å². The summed E-state index contributed by atoms with van der Waals surface area (Å²) in [6, 6.07) is 8.78. The van der Waals surface area contributed by atoms with Gasteiger partial charge in [0.25, 0.3) is 11.8 Å². The molecule has 1 aromatic carbocycles. The van der Waals surface area contributed by atoms with Gasteiger partial charge in [-0.25, -0.2) is 4.90 Å². The Bertz CT molecular complexity index is 363. The van der Waals surface area contributed by atoms with Crippen LogP contribution in [0.1, 0.15) is 0 Å². The molecule has 0 saturated carbocycles. The van der Waals surface area contributed by atoms with Crippen LogP contribution in [0.3, 0.4) is 0 Å². The lowest BCUT2D eigenvalue weighted by Crippen LogP contribution is -2.29. The van der Waals surface area contributed by atoms with E-state index in [1.165, 1.54) is 0 Å². The second-order valence-electron chi connectivity index (χ2n) is 2.60. The molecular weight excluding hydrogens is 166 g/mol. The summed E-state index contributed by atoms with van der Waals surface area (Å²) in [4.78, 5) is 23.4. The molecule has 2 amide bonds. The standard InChI is InChI=1S/C10H6NO2/c12-9-6-7-10(13)11(9)8-4-2-1-3-5-8/h1-6H. The second-order valence-corrected chi connectivity index (χ2v) is 2.60. The Kier molecular flexibility index (Phi) is 1.70. The van der Waals surface area contributed by atoms with Crippen molar-refractivity contribution < 1.29 is 9.59 Å². The van der Waals surface area contributed by atoms with E-state index in [-0.39, 0.29) is 5.91 Å². The fraction of sp³-hybridized carbons (Fsp3) is 0. The smallest absolute Gasteiger partial charge is 0.266 e. The van der Waals surface area contributed by atoms with Gasteiger partial charge >= 0.3 is 0 Å². The largest absolute Gasteiger partial charge is 0.269 e.